The second kappa shape index (κ2) is 8.53. The molecule has 0 amide bonds. The molecule has 2 bridgehead atoms. The number of rotatable bonds is 2. The highest BCUT2D eigenvalue weighted by Crippen LogP contribution is 2.73. The van der Waals surface area contributed by atoms with E-state index >= 15 is 0 Å². The fourth-order valence-corrected chi connectivity index (χ4v) is 7.18. The van der Waals surface area contributed by atoms with Crippen molar-refractivity contribution >= 4 is 23.3 Å². The zero-order valence-electron chi connectivity index (χ0n) is 20.5. The summed E-state index contributed by atoms with van der Waals surface area (Å²) < 4.78 is 6.56. The number of fused-ring (bicyclic) bond motifs is 7. The number of aromatic carboxylic acids is 2. The Morgan fingerprint density at radius 2 is 1.69 bits per heavy atom. The molecule has 3 aliphatic rings. The molecule has 1 aliphatic heterocycles. The van der Waals surface area contributed by atoms with E-state index in [1.165, 1.54) is 36.2 Å². The summed E-state index contributed by atoms with van der Waals surface area (Å²) in [6.45, 7) is 7.10. The number of carboxylic acid groups (broad SMARTS) is 2. The number of thiophene rings is 1. The first-order chi connectivity index (χ1) is 17.1. The Morgan fingerprint density at radius 3 is 2.33 bits per heavy atom. The maximum absolute atomic E-state index is 11.0. The van der Waals surface area contributed by atoms with Crippen molar-refractivity contribution in [3.63, 3.8) is 0 Å². The van der Waals surface area contributed by atoms with E-state index in [0.717, 1.165) is 16.9 Å². The predicted molar refractivity (Wildman–Crippen MR) is 139 cm³/mol. The van der Waals surface area contributed by atoms with Crippen LogP contribution in [0.5, 0.6) is 5.75 Å². The van der Waals surface area contributed by atoms with Crippen LogP contribution in [0.1, 0.15) is 76.8 Å². The first kappa shape index (κ1) is 24.1. The third-order valence-corrected chi connectivity index (χ3v) is 9.66. The maximum atomic E-state index is 11.0. The number of hydrogen-bond acceptors (Lipinski definition) is 4. The van der Waals surface area contributed by atoms with E-state index in [1.807, 2.05) is 6.07 Å². The van der Waals surface area contributed by atoms with Gasteiger partial charge in [0.2, 0.25) is 0 Å². The first-order valence-corrected chi connectivity index (χ1v) is 12.9. The van der Waals surface area contributed by atoms with Gasteiger partial charge < -0.3 is 14.9 Å². The third kappa shape index (κ3) is 3.61. The molecular formula is C30H28O5S. The Morgan fingerprint density at radius 1 is 0.972 bits per heavy atom. The Balaban J connectivity index is 0.000000252. The van der Waals surface area contributed by atoms with Gasteiger partial charge in [-0.25, -0.2) is 9.59 Å². The van der Waals surface area contributed by atoms with Crippen molar-refractivity contribution in [3.8, 4) is 17.6 Å². The molecule has 2 saturated carbocycles. The monoisotopic (exact) mass is 500 g/mol. The van der Waals surface area contributed by atoms with E-state index in [0.29, 0.717) is 16.4 Å². The lowest BCUT2D eigenvalue weighted by Gasteiger charge is -2.48. The molecule has 2 heterocycles. The largest absolute Gasteiger partial charge is 0.486 e. The normalized spacial score (nSPS) is 28.6. The minimum atomic E-state index is -0.903. The van der Waals surface area contributed by atoms with Gasteiger partial charge in [0.25, 0.3) is 0 Å². The van der Waals surface area contributed by atoms with Gasteiger partial charge in [0.05, 0.1) is 5.56 Å². The smallest absolute Gasteiger partial charge is 0.345 e. The maximum Gasteiger partial charge on any atom is 0.345 e. The van der Waals surface area contributed by atoms with Crippen molar-refractivity contribution in [2.24, 2.45) is 11.3 Å². The second-order valence-corrected chi connectivity index (χ2v) is 11.4. The zero-order valence-corrected chi connectivity index (χ0v) is 21.3. The molecule has 3 aromatic rings. The Kier molecular flexibility index (Phi) is 5.72. The molecule has 4 atom stereocenters. The second-order valence-electron chi connectivity index (χ2n) is 10.5. The van der Waals surface area contributed by atoms with E-state index < -0.39 is 11.9 Å². The number of ether oxygens (including phenoxy) is 1. The summed E-state index contributed by atoms with van der Waals surface area (Å²) in [5, 5.41) is 19.2. The van der Waals surface area contributed by atoms with E-state index in [9.17, 15) is 9.59 Å². The van der Waals surface area contributed by atoms with Gasteiger partial charge in [0, 0.05) is 27.5 Å². The summed E-state index contributed by atoms with van der Waals surface area (Å²) in [5.41, 5.74) is 3.48. The topological polar surface area (TPSA) is 83.8 Å². The van der Waals surface area contributed by atoms with E-state index in [2.05, 4.69) is 44.7 Å². The highest BCUT2D eigenvalue weighted by atomic mass is 32.1. The molecular weight excluding hydrogens is 472 g/mol. The van der Waals surface area contributed by atoms with Gasteiger partial charge in [-0.3, -0.25) is 0 Å². The highest BCUT2D eigenvalue weighted by Gasteiger charge is 2.73. The number of carboxylic acids is 2. The molecule has 6 heteroatoms. The van der Waals surface area contributed by atoms with E-state index in [1.54, 1.807) is 41.8 Å². The first-order valence-electron chi connectivity index (χ1n) is 12.0. The molecule has 2 N–H and O–H groups in total. The summed E-state index contributed by atoms with van der Waals surface area (Å²) in [6, 6.07) is 16.2. The highest BCUT2D eigenvalue weighted by molar-refractivity contribution is 7.12. The molecule has 0 saturated heterocycles. The van der Waals surface area contributed by atoms with Gasteiger partial charge in [0.1, 0.15) is 16.2 Å². The molecule has 2 fully saturated rings. The van der Waals surface area contributed by atoms with Crippen LogP contribution in [-0.4, -0.2) is 27.8 Å². The molecule has 6 rings (SSSR count). The van der Waals surface area contributed by atoms with Gasteiger partial charge in [0.15, 0.2) is 0 Å². The summed E-state index contributed by atoms with van der Waals surface area (Å²) in [6.07, 6.45) is 3.75. The van der Waals surface area contributed by atoms with E-state index in [4.69, 9.17) is 14.9 Å². The number of hydrogen-bond donors (Lipinski definition) is 2. The summed E-state index contributed by atoms with van der Waals surface area (Å²) >= 11 is 1.21. The molecule has 0 spiro atoms. The fraction of sp³-hybridized carbons (Fsp3) is 0.333. The Hall–Kier alpha value is -3.56. The summed E-state index contributed by atoms with van der Waals surface area (Å²) in [4.78, 5) is 21.5. The van der Waals surface area contributed by atoms with Crippen LogP contribution in [0.3, 0.4) is 0 Å². The molecule has 0 radical (unpaired) electrons. The molecule has 5 nitrogen and oxygen atoms in total. The van der Waals surface area contributed by atoms with Crippen LogP contribution >= 0.6 is 11.3 Å². The lowest BCUT2D eigenvalue weighted by molar-refractivity contribution is -0.0260. The molecule has 2 aliphatic carbocycles. The predicted octanol–water partition coefficient (Wildman–Crippen LogP) is 6.46. The fourth-order valence-electron chi connectivity index (χ4n) is 6.51. The van der Waals surface area contributed by atoms with Crippen LogP contribution < -0.4 is 4.74 Å². The van der Waals surface area contributed by atoms with Crippen LogP contribution in [0.4, 0.5) is 0 Å². The standard InChI is InChI=1S/C23H22O3S.C7H6O2/c1-21-9-8-16(12-21)23(3)22(21,2)17-10-14(6-7-18(17)26-23)4-5-15-11-19(20(24)25)27-13-15;8-7(9)6-4-2-1-3-5-6/h6-7,10-11,13,16H,8-9,12H2,1-3H3,(H,24,25);1-5H,(H,8,9). The molecule has 36 heavy (non-hydrogen) atoms. The van der Waals surface area contributed by atoms with Crippen LogP contribution in [-0.2, 0) is 5.41 Å². The molecule has 4 unspecified atom stereocenters. The lowest BCUT2D eigenvalue weighted by Crippen LogP contribution is -2.54. The Labute approximate surface area is 214 Å². The number of benzene rings is 2. The van der Waals surface area contributed by atoms with Gasteiger partial charge in [-0.1, -0.05) is 43.9 Å². The minimum Gasteiger partial charge on any atom is -0.486 e. The number of carbonyl (C=O) groups is 2. The zero-order chi connectivity index (χ0) is 25.7. The summed E-state index contributed by atoms with van der Waals surface area (Å²) in [7, 11) is 0. The lowest BCUT2D eigenvalue weighted by atomic mass is 9.56. The van der Waals surface area contributed by atoms with Gasteiger partial charge in [-0.2, -0.15) is 0 Å². The van der Waals surface area contributed by atoms with Crippen molar-refractivity contribution in [2.75, 3.05) is 0 Å². The van der Waals surface area contributed by atoms with Crippen molar-refractivity contribution in [2.45, 2.75) is 51.0 Å². The van der Waals surface area contributed by atoms with Crippen molar-refractivity contribution in [3.05, 3.63) is 87.1 Å². The van der Waals surface area contributed by atoms with Crippen molar-refractivity contribution in [1.29, 1.82) is 0 Å². The third-order valence-electron chi connectivity index (χ3n) is 8.74. The minimum absolute atomic E-state index is 0.00873. The van der Waals surface area contributed by atoms with Crippen molar-refractivity contribution in [1.82, 2.24) is 0 Å². The van der Waals surface area contributed by atoms with Crippen LogP contribution in [0.2, 0.25) is 0 Å². The SMILES string of the molecule is CC12CCC(C1)C1(C)Oc3ccc(C#Cc4csc(C(=O)O)c4)cc3C21C.O=C(O)c1ccccc1. The average Bonchev–Trinajstić information content (AvgIpc) is 3.59. The average molecular weight is 501 g/mol. The van der Waals surface area contributed by atoms with Crippen LogP contribution in [0.25, 0.3) is 0 Å². The van der Waals surface area contributed by atoms with Crippen LogP contribution in [0.15, 0.2) is 60.0 Å². The van der Waals surface area contributed by atoms with E-state index in [-0.39, 0.29) is 16.4 Å². The van der Waals surface area contributed by atoms with Gasteiger partial charge >= 0.3 is 11.9 Å². The Bertz CT molecular complexity index is 1410. The molecule has 184 valence electrons. The van der Waals surface area contributed by atoms with Gasteiger partial charge in [-0.15, -0.1) is 11.3 Å². The summed E-state index contributed by atoms with van der Waals surface area (Å²) in [5.74, 6) is 6.17. The van der Waals surface area contributed by atoms with Gasteiger partial charge in [-0.05, 0) is 73.9 Å². The molecule has 2 aromatic carbocycles. The van der Waals surface area contributed by atoms with Crippen molar-refractivity contribution < 1.29 is 24.5 Å². The van der Waals surface area contributed by atoms with Crippen LogP contribution in [0, 0.1) is 23.2 Å². The molecule has 1 aromatic heterocycles. The quantitative estimate of drug-likeness (QED) is 0.395.